The lowest BCUT2D eigenvalue weighted by molar-refractivity contribution is -0.139. The molecular weight excluding hydrogens is 553 g/mol. The van der Waals surface area contributed by atoms with Gasteiger partial charge in [0.15, 0.2) is 0 Å². The smallest absolute Gasteiger partial charge is 0.244 e. The molecule has 0 heterocycles. The minimum atomic E-state index is -3.80. The third-order valence-corrected chi connectivity index (χ3v) is 7.22. The zero-order valence-electron chi connectivity index (χ0n) is 18.5. The summed E-state index contributed by atoms with van der Waals surface area (Å²) in [7, 11) is -3.80. The molecule has 7 nitrogen and oxygen atoms in total. The van der Waals surface area contributed by atoms with Crippen molar-refractivity contribution in [3.8, 4) is 0 Å². The highest BCUT2D eigenvalue weighted by molar-refractivity contribution is 9.10. The van der Waals surface area contributed by atoms with Gasteiger partial charge in [0, 0.05) is 33.2 Å². The van der Waals surface area contributed by atoms with Gasteiger partial charge in [-0.25, -0.2) is 8.42 Å². The van der Waals surface area contributed by atoms with E-state index >= 15 is 0 Å². The van der Waals surface area contributed by atoms with Crippen LogP contribution in [0, 0.1) is 0 Å². The molecule has 1 unspecified atom stereocenters. The summed E-state index contributed by atoms with van der Waals surface area (Å²) in [5, 5.41) is 3.45. The lowest BCUT2D eigenvalue weighted by atomic mass is 10.1. The number of carbonyl (C=O) groups is 2. The second-order valence-electron chi connectivity index (χ2n) is 7.44. The van der Waals surface area contributed by atoms with Crippen LogP contribution < -0.4 is 9.62 Å². The number of hydrogen-bond donors (Lipinski definition) is 1. The molecule has 0 saturated heterocycles. The highest BCUT2D eigenvalue weighted by Gasteiger charge is 2.30. The summed E-state index contributed by atoms with van der Waals surface area (Å²) < 4.78 is 26.7. The Morgan fingerprint density at radius 2 is 1.73 bits per heavy atom. The topological polar surface area (TPSA) is 86.8 Å². The number of carbonyl (C=O) groups excluding carboxylic acids is 2. The Hall–Kier alpha value is -1.81. The van der Waals surface area contributed by atoms with Gasteiger partial charge >= 0.3 is 0 Å². The largest absolute Gasteiger partial charge is 0.354 e. The molecule has 0 bridgehead atoms. The van der Waals surface area contributed by atoms with E-state index in [2.05, 4.69) is 21.2 Å². The van der Waals surface area contributed by atoms with Gasteiger partial charge in [0.1, 0.15) is 12.6 Å². The van der Waals surface area contributed by atoms with Gasteiger partial charge in [0.05, 0.1) is 11.9 Å². The van der Waals surface area contributed by atoms with Gasteiger partial charge in [-0.3, -0.25) is 13.9 Å². The summed E-state index contributed by atoms with van der Waals surface area (Å²) in [6.07, 6.45) is 1.75. The van der Waals surface area contributed by atoms with E-state index < -0.39 is 28.5 Å². The summed E-state index contributed by atoms with van der Waals surface area (Å²) in [5.74, 6) is -0.933. The maximum absolute atomic E-state index is 13.4. The van der Waals surface area contributed by atoms with Crippen molar-refractivity contribution >= 4 is 66.7 Å². The fourth-order valence-corrected chi connectivity index (χ4v) is 4.82. The van der Waals surface area contributed by atoms with Crippen molar-refractivity contribution in [3.63, 3.8) is 0 Å². The molecule has 0 saturated carbocycles. The Labute approximate surface area is 213 Å². The molecule has 0 spiro atoms. The molecule has 11 heteroatoms. The molecule has 2 aromatic rings. The molecule has 2 amide bonds. The molecule has 0 radical (unpaired) electrons. The number of rotatable bonds is 10. The first kappa shape index (κ1) is 27.4. The minimum absolute atomic E-state index is 0.0614. The summed E-state index contributed by atoms with van der Waals surface area (Å²) in [4.78, 5) is 27.4. The summed E-state index contributed by atoms with van der Waals surface area (Å²) >= 11 is 15.9. The van der Waals surface area contributed by atoms with E-state index in [9.17, 15) is 18.0 Å². The van der Waals surface area contributed by atoms with E-state index in [1.807, 2.05) is 6.92 Å². The average Bonchev–Trinajstić information content (AvgIpc) is 2.74. The fourth-order valence-electron chi connectivity index (χ4n) is 3.08. The Bertz CT molecular complexity index is 1090. The Morgan fingerprint density at radius 1 is 1.12 bits per heavy atom. The van der Waals surface area contributed by atoms with Crippen molar-refractivity contribution < 1.29 is 18.0 Å². The lowest BCUT2D eigenvalue weighted by Crippen LogP contribution is -2.51. The molecule has 33 heavy (non-hydrogen) atoms. The van der Waals surface area contributed by atoms with Crippen LogP contribution in [0.1, 0.15) is 25.8 Å². The number of hydrogen-bond acceptors (Lipinski definition) is 4. The van der Waals surface area contributed by atoms with Gasteiger partial charge in [-0.05, 0) is 43.7 Å². The lowest BCUT2D eigenvalue weighted by Gasteiger charge is -2.32. The molecule has 180 valence electrons. The third-order valence-electron chi connectivity index (χ3n) is 4.88. The van der Waals surface area contributed by atoms with Crippen LogP contribution in [-0.4, -0.2) is 50.5 Å². The van der Waals surface area contributed by atoms with Crippen LogP contribution in [0.5, 0.6) is 0 Å². The van der Waals surface area contributed by atoms with E-state index in [0.717, 1.165) is 17.0 Å². The van der Waals surface area contributed by atoms with Crippen LogP contribution in [-0.2, 0) is 26.2 Å². The van der Waals surface area contributed by atoms with Crippen molar-refractivity contribution in [1.29, 1.82) is 0 Å². The highest BCUT2D eigenvalue weighted by atomic mass is 79.9. The number of halogens is 3. The minimum Gasteiger partial charge on any atom is -0.354 e. The van der Waals surface area contributed by atoms with E-state index in [1.54, 1.807) is 49.4 Å². The SMILES string of the molecule is CCCNC(=O)C(C)N(Cc1c(Cl)cccc1Cl)C(=O)CN(c1cccc(Br)c1)S(C)(=O)=O. The van der Waals surface area contributed by atoms with Crippen LogP contribution in [0.25, 0.3) is 0 Å². The second-order valence-corrected chi connectivity index (χ2v) is 11.1. The van der Waals surface area contributed by atoms with E-state index in [1.165, 1.54) is 4.90 Å². The van der Waals surface area contributed by atoms with Crippen LogP contribution in [0.4, 0.5) is 5.69 Å². The zero-order chi connectivity index (χ0) is 24.8. The standard InChI is InChI=1S/C22H26BrCl2N3O4S/c1-4-11-26-22(30)15(2)27(13-18-19(24)9-6-10-20(18)25)21(29)14-28(33(3,31)32)17-8-5-7-16(23)12-17/h5-10,12,15H,4,11,13-14H2,1-3H3,(H,26,30). The molecule has 0 fully saturated rings. The number of amides is 2. The van der Waals surface area contributed by atoms with Crippen molar-refractivity contribution in [2.24, 2.45) is 0 Å². The van der Waals surface area contributed by atoms with Gasteiger partial charge in [0.2, 0.25) is 21.8 Å². The normalized spacial score (nSPS) is 12.2. The van der Waals surface area contributed by atoms with Crippen molar-refractivity contribution in [2.75, 3.05) is 23.7 Å². The molecular formula is C22H26BrCl2N3O4S. The number of sulfonamides is 1. The van der Waals surface area contributed by atoms with Gasteiger partial charge in [-0.15, -0.1) is 0 Å². The number of nitrogens with zero attached hydrogens (tertiary/aromatic N) is 2. The highest BCUT2D eigenvalue weighted by Crippen LogP contribution is 2.27. The monoisotopic (exact) mass is 577 g/mol. The molecule has 2 aromatic carbocycles. The molecule has 0 aromatic heterocycles. The van der Waals surface area contributed by atoms with Crippen LogP contribution in [0.3, 0.4) is 0 Å². The summed E-state index contributed by atoms with van der Waals surface area (Å²) in [6, 6.07) is 10.7. The van der Waals surface area contributed by atoms with Gasteiger partial charge in [-0.2, -0.15) is 0 Å². The number of benzene rings is 2. The van der Waals surface area contributed by atoms with Crippen molar-refractivity contribution in [2.45, 2.75) is 32.9 Å². The first-order valence-corrected chi connectivity index (χ1v) is 13.6. The first-order valence-electron chi connectivity index (χ1n) is 10.2. The van der Waals surface area contributed by atoms with Crippen LogP contribution in [0.15, 0.2) is 46.9 Å². The number of anilines is 1. The van der Waals surface area contributed by atoms with E-state index in [0.29, 0.717) is 32.3 Å². The van der Waals surface area contributed by atoms with Crippen molar-refractivity contribution in [3.05, 3.63) is 62.5 Å². The zero-order valence-corrected chi connectivity index (χ0v) is 22.4. The number of nitrogens with one attached hydrogen (secondary N) is 1. The first-order chi connectivity index (χ1) is 15.5. The third kappa shape index (κ3) is 7.60. The second kappa shape index (κ2) is 12.1. The summed E-state index contributed by atoms with van der Waals surface area (Å²) in [5.41, 5.74) is 0.789. The molecule has 1 N–H and O–H groups in total. The summed E-state index contributed by atoms with van der Waals surface area (Å²) in [6.45, 7) is 3.39. The fraction of sp³-hybridized carbons (Fsp3) is 0.364. The molecule has 2 rings (SSSR count). The van der Waals surface area contributed by atoms with Crippen LogP contribution >= 0.6 is 39.1 Å². The maximum atomic E-state index is 13.4. The van der Waals surface area contributed by atoms with E-state index in [-0.39, 0.29) is 12.5 Å². The maximum Gasteiger partial charge on any atom is 0.244 e. The van der Waals surface area contributed by atoms with Gasteiger partial charge in [0.25, 0.3) is 0 Å². The molecule has 0 aliphatic carbocycles. The van der Waals surface area contributed by atoms with Gasteiger partial charge < -0.3 is 10.2 Å². The predicted octanol–water partition coefficient (Wildman–Crippen LogP) is 4.47. The van der Waals surface area contributed by atoms with Gasteiger partial charge in [-0.1, -0.05) is 58.2 Å². The Balaban J connectivity index is 2.43. The Morgan fingerprint density at radius 3 is 2.27 bits per heavy atom. The van der Waals surface area contributed by atoms with Crippen molar-refractivity contribution in [1.82, 2.24) is 10.2 Å². The van der Waals surface area contributed by atoms with E-state index in [4.69, 9.17) is 23.2 Å². The predicted molar refractivity (Wildman–Crippen MR) is 136 cm³/mol. The Kier molecular flexibility index (Phi) is 10.0. The molecule has 0 aliphatic heterocycles. The quantitative estimate of drug-likeness (QED) is 0.451. The van der Waals surface area contributed by atoms with Crippen LogP contribution in [0.2, 0.25) is 10.0 Å². The average molecular weight is 579 g/mol. The molecule has 1 atom stereocenters. The molecule has 0 aliphatic rings.